The molecule has 112 valence electrons. The maximum Gasteiger partial charge on any atom is 0.351 e. The van der Waals surface area contributed by atoms with Gasteiger partial charge < -0.3 is 0 Å². The SMILES string of the molecule is O=C1CCC(=O)N1C(c1ccccc1Cl)C(Br)(Br)[N+](=O)[O-]. The van der Waals surface area contributed by atoms with E-state index in [1.54, 1.807) is 24.3 Å². The minimum Gasteiger partial charge on any atom is -0.274 e. The van der Waals surface area contributed by atoms with E-state index in [-0.39, 0.29) is 17.9 Å². The number of benzene rings is 1. The van der Waals surface area contributed by atoms with E-state index < -0.39 is 26.1 Å². The molecule has 1 fully saturated rings. The quantitative estimate of drug-likeness (QED) is 0.237. The molecule has 1 heterocycles. The molecule has 1 aliphatic rings. The summed E-state index contributed by atoms with van der Waals surface area (Å²) >= 11 is 12.0. The van der Waals surface area contributed by atoms with Crippen LogP contribution in [0.2, 0.25) is 5.02 Å². The highest BCUT2D eigenvalue weighted by atomic mass is 79.9. The van der Waals surface area contributed by atoms with Gasteiger partial charge in [0.2, 0.25) is 11.8 Å². The monoisotopic (exact) mass is 438 g/mol. The Kier molecular flexibility index (Phi) is 4.69. The maximum atomic E-state index is 12.0. The standard InChI is InChI=1S/C12H9Br2ClN2O4/c13-12(14,17(20)21)11(7-3-1-2-4-8(7)15)16-9(18)5-6-10(16)19/h1-4,11H,5-6H2. The fourth-order valence-electron chi connectivity index (χ4n) is 2.16. The second kappa shape index (κ2) is 6.02. The van der Waals surface area contributed by atoms with Gasteiger partial charge in [-0.3, -0.25) is 24.6 Å². The first-order valence-electron chi connectivity index (χ1n) is 5.88. The smallest absolute Gasteiger partial charge is 0.274 e. The molecule has 6 nitrogen and oxygen atoms in total. The number of rotatable bonds is 4. The number of likely N-dealkylation sites (tertiary alicyclic amines) is 1. The Morgan fingerprint density at radius 1 is 1.24 bits per heavy atom. The predicted octanol–water partition coefficient (Wildman–Crippen LogP) is 3.25. The van der Waals surface area contributed by atoms with E-state index in [1.807, 2.05) is 0 Å². The average Bonchev–Trinajstić information content (AvgIpc) is 2.73. The van der Waals surface area contributed by atoms with Gasteiger partial charge in [0.25, 0.3) is 0 Å². The van der Waals surface area contributed by atoms with Crippen LogP contribution in [0.3, 0.4) is 0 Å². The van der Waals surface area contributed by atoms with Crippen LogP contribution >= 0.6 is 43.5 Å². The minimum absolute atomic E-state index is 0.0353. The molecule has 0 spiro atoms. The molecule has 0 aliphatic carbocycles. The first-order chi connectivity index (χ1) is 9.76. The number of alkyl halides is 2. The van der Waals surface area contributed by atoms with Crippen molar-refractivity contribution in [3.05, 3.63) is 45.0 Å². The van der Waals surface area contributed by atoms with Gasteiger partial charge in [-0.1, -0.05) is 29.8 Å². The van der Waals surface area contributed by atoms with Crippen molar-refractivity contribution in [2.24, 2.45) is 0 Å². The highest BCUT2D eigenvalue weighted by molar-refractivity contribution is 9.25. The van der Waals surface area contributed by atoms with Crippen LogP contribution in [0.25, 0.3) is 0 Å². The van der Waals surface area contributed by atoms with E-state index in [0.29, 0.717) is 5.56 Å². The van der Waals surface area contributed by atoms with E-state index in [4.69, 9.17) is 11.6 Å². The van der Waals surface area contributed by atoms with Gasteiger partial charge in [0, 0.05) is 55.3 Å². The molecule has 0 N–H and O–H groups in total. The Morgan fingerprint density at radius 3 is 2.24 bits per heavy atom. The number of nitro groups is 1. The molecule has 2 amide bonds. The Bertz CT molecular complexity index is 607. The number of hydrogen-bond donors (Lipinski definition) is 0. The Labute approximate surface area is 141 Å². The summed E-state index contributed by atoms with van der Waals surface area (Å²) in [5.74, 6) is -0.926. The van der Waals surface area contributed by atoms with Gasteiger partial charge in [-0.15, -0.1) is 0 Å². The third-order valence-corrected chi connectivity index (χ3v) is 4.91. The molecule has 1 atom stereocenters. The number of imide groups is 1. The van der Waals surface area contributed by atoms with Gasteiger partial charge in [0.15, 0.2) is 6.04 Å². The summed E-state index contributed by atoms with van der Waals surface area (Å²) < 4.78 is -1.92. The summed E-state index contributed by atoms with van der Waals surface area (Å²) in [4.78, 5) is 35.5. The van der Waals surface area contributed by atoms with E-state index in [0.717, 1.165) is 4.90 Å². The van der Waals surface area contributed by atoms with E-state index in [1.165, 1.54) is 0 Å². The molecule has 9 heteroatoms. The number of carbonyl (C=O) groups excluding carboxylic acids is 2. The lowest BCUT2D eigenvalue weighted by Crippen LogP contribution is -2.45. The van der Waals surface area contributed by atoms with Crippen molar-refractivity contribution in [2.75, 3.05) is 0 Å². The molecule has 1 aromatic carbocycles. The van der Waals surface area contributed by atoms with E-state index in [2.05, 4.69) is 31.9 Å². The molecule has 0 radical (unpaired) electrons. The lowest BCUT2D eigenvalue weighted by molar-refractivity contribution is -0.511. The van der Waals surface area contributed by atoms with Crippen LogP contribution in [0.15, 0.2) is 24.3 Å². The van der Waals surface area contributed by atoms with Gasteiger partial charge in [-0.2, -0.15) is 0 Å². The number of nitrogens with zero attached hydrogens (tertiary/aromatic N) is 2. The van der Waals surface area contributed by atoms with Gasteiger partial charge in [0.1, 0.15) is 0 Å². The summed E-state index contributed by atoms with van der Waals surface area (Å²) in [6.45, 7) is 0. The molecule has 1 aliphatic heterocycles. The maximum absolute atomic E-state index is 12.0. The van der Waals surface area contributed by atoms with Crippen molar-refractivity contribution in [2.45, 2.75) is 22.2 Å². The molecule has 0 saturated carbocycles. The number of amides is 2. The molecule has 0 aromatic heterocycles. The first kappa shape index (κ1) is 16.4. The number of hydrogen-bond acceptors (Lipinski definition) is 4. The zero-order valence-corrected chi connectivity index (χ0v) is 14.4. The third-order valence-electron chi connectivity index (χ3n) is 3.12. The summed E-state index contributed by atoms with van der Waals surface area (Å²) in [5, 5.41) is 11.6. The Morgan fingerprint density at radius 2 is 1.76 bits per heavy atom. The normalized spacial score (nSPS) is 17.2. The highest BCUT2D eigenvalue weighted by Gasteiger charge is 2.54. The molecule has 21 heavy (non-hydrogen) atoms. The summed E-state index contributed by atoms with van der Waals surface area (Å²) in [6, 6.07) is 5.20. The summed E-state index contributed by atoms with van der Waals surface area (Å²) in [6.07, 6.45) is 0.0706. The second-order valence-corrected chi connectivity index (χ2v) is 8.32. The van der Waals surface area contributed by atoms with Crippen LogP contribution in [0.1, 0.15) is 24.4 Å². The molecule has 1 unspecified atom stereocenters. The van der Waals surface area contributed by atoms with Crippen LogP contribution in [-0.2, 0) is 9.59 Å². The second-order valence-electron chi connectivity index (χ2n) is 4.43. The van der Waals surface area contributed by atoms with Crippen molar-refractivity contribution in [3.63, 3.8) is 0 Å². The minimum atomic E-state index is -1.92. The van der Waals surface area contributed by atoms with Crippen LogP contribution in [0.4, 0.5) is 0 Å². The summed E-state index contributed by atoms with van der Waals surface area (Å²) in [7, 11) is 0. The number of carbonyl (C=O) groups is 2. The fourth-order valence-corrected chi connectivity index (χ4v) is 3.30. The largest absolute Gasteiger partial charge is 0.351 e. The van der Waals surface area contributed by atoms with Crippen molar-refractivity contribution in [1.82, 2.24) is 4.90 Å². The molecule has 1 saturated heterocycles. The van der Waals surface area contributed by atoms with E-state index in [9.17, 15) is 19.7 Å². The van der Waals surface area contributed by atoms with Crippen molar-refractivity contribution in [3.8, 4) is 0 Å². The third kappa shape index (κ3) is 2.97. The van der Waals surface area contributed by atoms with Gasteiger partial charge in [-0.05, 0) is 6.07 Å². The Balaban J connectivity index is 2.61. The lowest BCUT2D eigenvalue weighted by Gasteiger charge is -2.31. The zero-order chi connectivity index (χ0) is 15.8. The van der Waals surface area contributed by atoms with Crippen LogP contribution in [0, 0.1) is 10.1 Å². The van der Waals surface area contributed by atoms with Gasteiger partial charge in [0.05, 0.1) is 4.92 Å². The average molecular weight is 440 g/mol. The topological polar surface area (TPSA) is 80.5 Å². The van der Waals surface area contributed by atoms with Gasteiger partial charge >= 0.3 is 3.36 Å². The molecule has 2 rings (SSSR count). The molecule has 1 aromatic rings. The number of halogens is 3. The van der Waals surface area contributed by atoms with Crippen molar-refractivity contribution in [1.29, 1.82) is 0 Å². The molecule has 0 bridgehead atoms. The van der Waals surface area contributed by atoms with Crippen LogP contribution < -0.4 is 0 Å². The predicted molar refractivity (Wildman–Crippen MR) is 82.9 cm³/mol. The van der Waals surface area contributed by atoms with Gasteiger partial charge in [-0.25, -0.2) is 0 Å². The fraction of sp³-hybridized carbons (Fsp3) is 0.333. The molecular formula is C12H9Br2ClN2O4. The first-order valence-corrected chi connectivity index (χ1v) is 7.85. The zero-order valence-electron chi connectivity index (χ0n) is 10.5. The Hall–Kier alpha value is -0.990. The van der Waals surface area contributed by atoms with Crippen LogP contribution in [0.5, 0.6) is 0 Å². The lowest BCUT2D eigenvalue weighted by atomic mass is 10.1. The molecular weight excluding hydrogens is 431 g/mol. The van der Waals surface area contributed by atoms with E-state index >= 15 is 0 Å². The van der Waals surface area contributed by atoms with Crippen LogP contribution in [-0.4, -0.2) is 25.0 Å². The highest BCUT2D eigenvalue weighted by Crippen LogP contribution is 2.47. The summed E-state index contributed by atoms with van der Waals surface area (Å²) in [5.41, 5.74) is 0.313. The van der Waals surface area contributed by atoms with Crippen molar-refractivity contribution < 1.29 is 14.5 Å². The van der Waals surface area contributed by atoms with Crippen molar-refractivity contribution >= 4 is 55.3 Å².